The molecule has 158 valence electrons. The number of halogens is 1. The van der Waals surface area contributed by atoms with Crippen molar-refractivity contribution < 1.29 is 0 Å². The number of hydrogen-bond acceptors (Lipinski definition) is 1. The standard InChI is InChI=1S/C25H45N.ClH/c1-4-7-10-13-18-23-19-14-15-20-24(23)25(26,21-16-11-8-5-2)22-17-12-9-6-3;/h14-15,19-20H,4-13,16-18,21-22,26H2,1-3H3;1H. The highest BCUT2D eigenvalue weighted by atomic mass is 35.5. The van der Waals surface area contributed by atoms with Crippen LogP contribution in [0.4, 0.5) is 0 Å². The zero-order valence-corrected chi connectivity index (χ0v) is 19.2. The third kappa shape index (κ3) is 10.5. The Morgan fingerprint density at radius 1 is 0.667 bits per heavy atom. The van der Waals surface area contributed by atoms with Gasteiger partial charge < -0.3 is 5.73 Å². The Morgan fingerprint density at radius 3 is 1.67 bits per heavy atom. The lowest BCUT2D eigenvalue weighted by Gasteiger charge is -2.33. The summed E-state index contributed by atoms with van der Waals surface area (Å²) in [5, 5.41) is 0. The lowest BCUT2D eigenvalue weighted by Crippen LogP contribution is -2.37. The van der Waals surface area contributed by atoms with Crippen molar-refractivity contribution in [2.75, 3.05) is 0 Å². The fourth-order valence-electron chi connectivity index (χ4n) is 4.10. The molecule has 0 saturated carbocycles. The second kappa shape index (κ2) is 16.4. The Hall–Kier alpha value is -0.530. The number of unbranched alkanes of at least 4 members (excludes halogenated alkanes) is 9. The van der Waals surface area contributed by atoms with Crippen molar-refractivity contribution in [2.24, 2.45) is 5.73 Å². The normalized spacial score (nSPS) is 11.4. The molecule has 0 atom stereocenters. The zero-order chi connectivity index (χ0) is 19.1. The molecule has 0 heterocycles. The molecule has 0 amide bonds. The molecule has 0 aliphatic carbocycles. The van der Waals surface area contributed by atoms with Crippen molar-refractivity contribution in [3.8, 4) is 0 Å². The van der Waals surface area contributed by atoms with Crippen LogP contribution in [0.1, 0.15) is 122 Å². The summed E-state index contributed by atoms with van der Waals surface area (Å²) in [5.74, 6) is 0. The first-order valence-corrected chi connectivity index (χ1v) is 11.5. The molecule has 0 aliphatic heterocycles. The Bertz CT molecular complexity index is 445. The molecule has 2 heteroatoms. The molecule has 0 unspecified atom stereocenters. The van der Waals surface area contributed by atoms with Crippen LogP contribution in [0.2, 0.25) is 0 Å². The van der Waals surface area contributed by atoms with Crippen LogP contribution in [-0.2, 0) is 12.0 Å². The van der Waals surface area contributed by atoms with Gasteiger partial charge in [0.25, 0.3) is 0 Å². The lowest BCUT2D eigenvalue weighted by atomic mass is 9.78. The third-order valence-electron chi connectivity index (χ3n) is 5.81. The Labute approximate surface area is 176 Å². The minimum absolute atomic E-state index is 0. The highest BCUT2D eigenvalue weighted by Gasteiger charge is 2.28. The van der Waals surface area contributed by atoms with E-state index in [9.17, 15) is 0 Å². The summed E-state index contributed by atoms with van der Waals surface area (Å²) in [5.41, 5.74) is 9.95. The summed E-state index contributed by atoms with van der Waals surface area (Å²) in [6.45, 7) is 6.85. The maximum absolute atomic E-state index is 7.12. The summed E-state index contributed by atoms with van der Waals surface area (Å²) < 4.78 is 0. The van der Waals surface area contributed by atoms with E-state index in [1.165, 1.54) is 94.6 Å². The maximum atomic E-state index is 7.12. The van der Waals surface area contributed by atoms with Gasteiger partial charge in [-0.3, -0.25) is 0 Å². The van der Waals surface area contributed by atoms with Gasteiger partial charge in [0, 0.05) is 5.54 Å². The fraction of sp³-hybridized carbons (Fsp3) is 0.760. The molecule has 1 nitrogen and oxygen atoms in total. The van der Waals surface area contributed by atoms with Gasteiger partial charge in [0.15, 0.2) is 0 Å². The largest absolute Gasteiger partial charge is 0.321 e. The second-order valence-electron chi connectivity index (χ2n) is 8.25. The number of hydrogen-bond donors (Lipinski definition) is 1. The Balaban J connectivity index is 0.00000676. The van der Waals surface area contributed by atoms with Crippen molar-refractivity contribution in [1.29, 1.82) is 0 Å². The lowest BCUT2D eigenvalue weighted by molar-refractivity contribution is 0.342. The summed E-state index contributed by atoms with van der Waals surface area (Å²) in [6.07, 6.45) is 19.2. The van der Waals surface area contributed by atoms with Gasteiger partial charge in [0.2, 0.25) is 0 Å². The van der Waals surface area contributed by atoms with Gasteiger partial charge >= 0.3 is 0 Å². The predicted molar refractivity (Wildman–Crippen MR) is 125 cm³/mol. The van der Waals surface area contributed by atoms with E-state index in [1.807, 2.05) is 0 Å². The van der Waals surface area contributed by atoms with Crippen molar-refractivity contribution in [1.82, 2.24) is 0 Å². The maximum Gasteiger partial charge on any atom is 0.0412 e. The first kappa shape index (κ1) is 26.5. The topological polar surface area (TPSA) is 26.0 Å². The molecular weight excluding hydrogens is 350 g/mol. The fourth-order valence-corrected chi connectivity index (χ4v) is 4.10. The van der Waals surface area contributed by atoms with Crippen LogP contribution >= 0.6 is 12.4 Å². The van der Waals surface area contributed by atoms with Crippen LogP contribution in [0, 0.1) is 0 Å². The van der Waals surface area contributed by atoms with Crippen molar-refractivity contribution in [2.45, 2.75) is 123 Å². The first-order chi connectivity index (χ1) is 12.7. The number of rotatable bonds is 16. The van der Waals surface area contributed by atoms with Gasteiger partial charge in [-0.1, -0.05) is 116 Å². The average Bonchev–Trinajstić information content (AvgIpc) is 2.66. The van der Waals surface area contributed by atoms with E-state index in [4.69, 9.17) is 5.73 Å². The molecule has 2 N–H and O–H groups in total. The van der Waals surface area contributed by atoms with Crippen LogP contribution < -0.4 is 5.73 Å². The molecule has 1 rings (SSSR count). The third-order valence-corrected chi connectivity index (χ3v) is 5.81. The highest BCUT2D eigenvalue weighted by molar-refractivity contribution is 5.85. The van der Waals surface area contributed by atoms with Crippen molar-refractivity contribution >= 4 is 12.4 Å². The smallest absolute Gasteiger partial charge is 0.0412 e. The van der Waals surface area contributed by atoms with Gasteiger partial charge in [-0.2, -0.15) is 0 Å². The quantitative estimate of drug-likeness (QED) is 0.279. The molecule has 0 bridgehead atoms. The Kier molecular flexibility index (Phi) is 16.1. The molecule has 0 spiro atoms. The molecular formula is C25H46ClN. The first-order valence-electron chi connectivity index (χ1n) is 11.5. The molecule has 1 aromatic carbocycles. The SMILES string of the molecule is CCCCCCc1ccccc1C(N)(CCCCCC)CCCCCC.Cl. The predicted octanol–water partition coefficient (Wildman–Crippen LogP) is 8.33. The van der Waals surface area contributed by atoms with Crippen LogP contribution in [0.5, 0.6) is 0 Å². The Morgan fingerprint density at radius 2 is 1.15 bits per heavy atom. The summed E-state index contributed by atoms with van der Waals surface area (Å²) >= 11 is 0. The molecule has 0 aliphatic rings. The van der Waals surface area contributed by atoms with E-state index < -0.39 is 0 Å². The van der Waals surface area contributed by atoms with E-state index in [0.29, 0.717) is 0 Å². The minimum Gasteiger partial charge on any atom is -0.321 e. The van der Waals surface area contributed by atoms with Crippen LogP contribution in [0.15, 0.2) is 24.3 Å². The van der Waals surface area contributed by atoms with Crippen LogP contribution in [0.25, 0.3) is 0 Å². The van der Waals surface area contributed by atoms with Crippen LogP contribution in [-0.4, -0.2) is 0 Å². The molecule has 1 aromatic rings. The molecule has 0 radical (unpaired) electrons. The van der Waals surface area contributed by atoms with Gasteiger partial charge in [0.1, 0.15) is 0 Å². The van der Waals surface area contributed by atoms with E-state index in [1.54, 1.807) is 0 Å². The van der Waals surface area contributed by atoms with E-state index >= 15 is 0 Å². The van der Waals surface area contributed by atoms with Crippen molar-refractivity contribution in [3.63, 3.8) is 0 Å². The second-order valence-corrected chi connectivity index (χ2v) is 8.25. The van der Waals surface area contributed by atoms with Gasteiger partial charge in [-0.05, 0) is 36.8 Å². The zero-order valence-electron chi connectivity index (χ0n) is 18.4. The summed E-state index contributed by atoms with van der Waals surface area (Å²) in [4.78, 5) is 0. The van der Waals surface area contributed by atoms with Gasteiger partial charge in [-0.15, -0.1) is 12.4 Å². The minimum atomic E-state index is -0.122. The van der Waals surface area contributed by atoms with Gasteiger partial charge in [-0.25, -0.2) is 0 Å². The molecule has 0 saturated heterocycles. The monoisotopic (exact) mass is 395 g/mol. The van der Waals surface area contributed by atoms with Crippen molar-refractivity contribution in [3.05, 3.63) is 35.4 Å². The van der Waals surface area contributed by atoms with Crippen LogP contribution in [0.3, 0.4) is 0 Å². The van der Waals surface area contributed by atoms with Gasteiger partial charge in [0.05, 0.1) is 0 Å². The number of aryl methyl sites for hydroxylation is 1. The van der Waals surface area contributed by atoms with E-state index in [0.717, 1.165) is 12.8 Å². The van der Waals surface area contributed by atoms with E-state index in [-0.39, 0.29) is 17.9 Å². The summed E-state index contributed by atoms with van der Waals surface area (Å²) in [7, 11) is 0. The average molecular weight is 396 g/mol. The number of benzene rings is 1. The number of nitrogens with two attached hydrogens (primary N) is 1. The molecule has 27 heavy (non-hydrogen) atoms. The highest BCUT2D eigenvalue weighted by Crippen LogP contribution is 2.33. The molecule has 0 fully saturated rings. The summed E-state index contributed by atoms with van der Waals surface area (Å²) in [6, 6.07) is 9.06. The molecule has 0 aromatic heterocycles. The van der Waals surface area contributed by atoms with E-state index in [2.05, 4.69) is 45.0 Å².